The van der Waals surface area contributed by atoms with Crippen LogP contribution in [0.15, 0.2) is 120 Å². The molecule has 40 heavy (non-hydrogen) atoms. The minimum atomic E-state index is -5.61. The van der Waals surface area contributed by atoms with Gasteiger partial charge in [0.2, 0.25) is 0 Å². The molecule has 0 saturated heterocycles. The molecule has 0 aliphatic carbocycles. The number of alkyl halides is 2. The van der Waals surface area contributed by atoms with E-state index < -0.39 is 27.9 Å². The van der Waals surface area contributed by atoms with Crippen LogP contribution < -0.4 is 4.74 Å². The van der Waals surface area contributed by atoms with Crippen LogP contribution in [0.4, 0.5) is 8.78 Å². The molecule has 6 nitrogen and oxygen atoms in total. The van der Waals surface area contributed by atoms with Gasteiger partial charge in [-0.15, -0.1) is 0 Å². The summed E-state index contributed by atoms with van der Waals surface area (Å²) < 4.78 is 63.4. The van der Waals surface area contributed by atoms with Gasteiger partial charge in [0.15, 0.2) is 16.8 Å². The second-order valence-corrected chi connectivity index (χ2v) is 11.3. The smallest absolute Gasteiger partial charge is 0.402 e. The van der Waals surface area contributed by atoms with E-state index in [1.54, 1.807) is 12.1 Å². The van der Waals surface area contributed by atoms with E-state index in [9.17, 15) is 22.0 Å². The molecule has 0 aromatic heterocycles. The molecule has 10 heteroatoms. The van der Waals surface area contributed by atoms with Gasteiger partial charge in [0, 0.05) is 22.9 Å². The summed E-state index contributed by atoms with van der Waals surface area (Å²) in [6.45, 7) is -1.74. The van der Waals surface area contributed by atoms with Crippen LogP contribution in [0.5, 0.6) is 5.75 Å². The van der Waals surface area contributed by atoms with E-state index in [0.29, 0.717) is 16.6 Å². The Morgan fingerprint density at radius 1 is 0.825 bits per heavy atom. The normalized spacial score (nSPS) is 11.3. The zero-order chi connectivity index (χ0) is 29.0. The lowest BCUT2D eigenvalue weighted by Gasteiger charge is -2.13. The third kappa shape index (κ3) is 9.48. The van der Waals surface area contributed by atoms with Crippen LogP contribution >= 0.6 is 0 Å². The summed E-state index contributed by atoms with van der Waals surface area (Å²) in [6.07, 6.45) is -0.314. The monoisotopic (exact) mass is 587 g/mol. The average molecular weight is 588 g/mol. The highest BCUT2D eigenvalue weighted by Gasteiger charge is 2.45. The predicted molar refractivity (Wildman–Crippen MR) is 152 cm³/mol. The van der Waals surface area contributed by atoms with Gasteiger partial charge in [0.05, 0.1) is 13.5 Å². The Balaban J connectivity index is 0.000000220. The fourth-order valence-corrected chi connectivity index (χ4v) is 4.97. The number of thiol groups is 1. The van der Waals surface area contributed by atoms with Crippen LogP contribution in [0.25, 0.3) is 0 Å². The fourth-order valence-electron chi connectivity index (χ4n) is 3.48. The van der Waals surface area contributed by atoms with E-state index in [0.717, 1.165) is 0 Å². The third-order valence-corrected chi connectivity index (χ3v) is 7.87. The van der Waals surface area contributed by atoms with Crippen molar-refractivity contribution in [1.29, 1.82) is 0 Å². The molecule has 210 valence electrons. The van der Waals surface area contributed by atoms with Crippen molar-refractivity contribution < 1.29 is 36.0 Å². The zero-order valence-corrected chi connectivity index (χ0v) is 23.3. The van der Waals surface area contributed by atoms with Gasteiger partial charge < -0.3 is 9.47 Å². The van der Waals surface area contributed by atoms with Crippen molar-refractivity contribution >= 4 is 27.8 Å². The molecule has 0 unspecified atom stereocenters. The molecule has 4 aromatic rings. The highest BCUT2D eigenvalue weighted by atomic mass is 32.2. The number of ether oxygens (including phenoxy) is 2. The highest BCUT2D eigenvalue weighted by molar-refractivity contribution is 7.86. The number of hydrogen-bond donors (Lipinski definition) is 1. The molecule has 0 amide bonds. The lowest BCUT2D eigenvalue weighted by molar-refractivity contribution is -0.148. The Bertz CT molecular complexity index is 1390. The van der Waals surface area contributed by atoms with Crippen molar-refractivity contribution in [1.82, 2.24) is 0 Å². The molecule has 0 radical (unpaired) electrons. The lowest BCUT2D eigenvalue weighted by Crippen LogP contribution is -2.34. The topological polar surface area (TPSA) is 89.9 Å². The van der Waals surface area contributed by atoms with E-state index in [2.05, 4.69) is 95.7 Å². The van der Waals surface area contributed by atoms with Gasteiger partial charge in [-0.25, -0.2) is 0 Å². The first-order valence-electron chi connectivity index (χ1n) is 12.1. The summed E-state index contributed by atoms with van der Waals surface area (Å²) in [6, 6.07) is 38.3. The van der Waals surface area contributed by atoms with Crippen LogP contribution in [-0.4, -0.2) is 37.9 Å². The first-order valence-corrected chi connectivity index (χ1v) is 14.5. The van der Waals surface area contributed by atoms with Crippen molar-refractivity contribution in [3.8, 4) is 5.75 Å². The summed E-state index contributed by atoms with van der Waals surface area (Å²) in [5.41, 5.74) is 3.21. The Hall–Kier alpha value is -3.73. The molecule has 0 fully saturated rings. The van der Waals surface area contributed by atoms with Crippen LogP contribution in [-0.2, 0) is 37.8 Å². The van der Waals surface area contributed by atoms with Crippen molar-refractivity contribution in [3.63, 3.8) is 0 Å². The van der Waals surface area contributed by atoms with Gasteiger partial charge in [0.25, 0.3) is 0 Å². The molecule has 4 aromatic carbocycles. The molecule has 0 spiro atoms. The van der Waals surface area contributed by atoms with Crippen LogP contribution in [0.1, 0.15) is 21.9 Å². The highest BCUT2D eigenvalue weighted by Crippen LogP contribution is 2.29. The molecule has 0 bridgehead atoms. The van der Waals surface area contributed by atoms with E-state index in [-0.39, 0.29) is 6.42 Å². The number of hydrogen-bond acceptors (Lipinski definition) is 5. The Kier molecular flexibility index (Phi) is 11.2. The second kappa shape index (κ2) is 14.6. The largest absolute Gasteiger partial charge is 0.497 e. The standard InChI is InChI=1S/C19H16S.C11H12F2O6S/c1-4-10-16(11-5-1)19(17-12-6-2-7-13-17)20-18-14-8-3-9-15-18;1-18-9-4-2-8(3-5-9)6-10(14)19-7-11(12,13)20(15,16)17/h1-15,19H;2-5H,6-7H2,1H3,(H,15,16,17)/p+1. The van der Waals surface area contributed by atoms with Gasteiger partial charge in [-0.1, -0.05) is 91.0 Å². The van der Waals surface area contributed by atoms with E-state index in [1.807, 2.05) is 0 Å². The number of rotatable bonds is 10. The van der Waals surface area contributed by atoms with Gasteiger partial charge in [-0.2, -0.15) is 17.2 Å². The number of methoxy groups -OCH3 is 1. The van der Waals surface area contributed by atoms with Crippen molar-refractivity contribution in [2.45, 2.75) is 21.8 Å². The molecule has 1 N–H and O–H groups in total. The molecule has 0 heterocycles. The summed E-state index contributed by atoms with van der Waals surface area (Å²) in [5.74, 6) is -0.487. The second-order valence-electron chi connectivity index (χ2n) is 8.49. The number of carbonyl (C=O) groups excluding carboxylic acids is 1. The van der Waals surface area contributed by atoms with Gasteiger partial charge in [-0.3, -0.25) is 9.35 Å². The molecule has 0 saturated carbocycles. The number of halogens is 2. The lowest BCUT2D eigenvalue weighted by atomic mass is 10.0. The molecular formula is C30H29F2O6S2+. The maximum atomic E-state index is 12.8. The molecule has 0 aliphatic heterocycles. The van der Waals surface area contributed by atoms with Crippen molar-refractivity contribution in [2.75, 3.05) is 13.7 Å². The van der Waals surface area contributed by atoms with Gasteiger partial charge in [-0.05, 0) is 29.8 Å². The first-order chi connectivity index (χ1) is 19.1. The van der Waals surface area contributed by atoms with E-state index in [4.69, 9.17) is 9.29 Å². The maximum absolute atomic E-state index is 12.8. The summed E-state index contributed by atoms with van der Waals surface area (Å²) in [4.78, 5) is 12.6. The van der Waals surface area contributed by atoms with Crippen LogP contribution in [0.3, 0.4) is 0 Å². The van der Waals surface area contributed by atoms with Crippen LogP contribution in [0.2, 0.25) is 0 Å². The number of carbonyl (C=O) groups is 1. The summed E-state index contributed by atoms with van der Waals surface area (Å²) in [5, 5.41) is -4.14. The van der Waals surface area contributed by atoms with Gasteiger partial charge >= 0.3 is 21.3 Å². The fraction of sp³-hybridized carbons (Fsp3) is 0.167. The predicted octanol–water partition coefficient (Wildman–Crippen LogP) is 5.91. The molecule has 0 aliphatic rings. The molecule has 0 atom stereocenters. The third-order valence-electron chi connectivity index (χ3n) is 5.55. The number of esters is 1. The van der Waals surface area contributed by atoms with Crippen LogP contribution in [0, 0.1) is 0 Å². The van der Waals surface area contributed by atoms with Crippen molar-refractivity contribution in [3.05, 3.63) is 132 Å². The minimum Gasteiger partial charge on any atom is -0.497 e. The van der Waals surface area contributed by atoms with Gasteiger partial charge in [0.1, 0.15) is 5.75 Å². The average Bonchev–Trinajstić information content (AvgIpc) is 2.96. The first kappa shape index (κ1) is 30.8. The summed E-state index contributed by atoms with van der Waals surface area (Å²) in [7, 11) is -4.15. The Labute approximate surface area is 236 Å². The number of benzene rings is 4. The zero-order valence-electron chi connectivity index (χ0n) is 21.6. The quantitative estimate of drug-likeness (QED) is 0.107. The van der Waals surface area contributed by atoms with Crippen molar-refractivity contribution in [2.24, 2.45) is 0 Å². The molecule has 4 rings (SSSR count). The Morgan fingerprint density at radius 2 is 1.30 bits per heavy atom. The van der Waals surface area contributed by atoms with E-state index >= 15 is 0 Å². The Morgan fingerprint density at radius 3 is 1.75 bits per heavy atom. The van der Waals surface area contributed by atoms with E-state index in [1.165, 1.54) is 47.0 Å². The maximum Gasteiger partial charge on any atom is 0.402 e. The minimum absolute atomic E-state index is 0.314. The SMILES string of the molecule is COc1ccc(CC(=O)OCC(F)(F)S(=O)(=O)O)cc1.c1ccc([SH+]C(c2ccccc2)c2ccccc2)cc1. The molecular weight excluding hydrogens is 558 g/mol. The summed E-state index contributed by atoms with van der Waals surface area (Å²) >= 11 is 1.32.